The summed E-state index contributed by atoms with van der Waals surface area (Å²) in [5.74, 6) is -0.967. The van der Waals surface area contributed by atoms with Gasteiger partial charge in [0.15, 0.2) is 13.2 Å². The van der Waals surface area contributed by atoms with Gasteiger partial charge in [-0.15, -0.1) is 0 Å². The quantitative estimate of drug-likeness (QED) is 0.447. The molecule has 0 unspecified atom stereocenters. The predicted molar refractivity (Wildman–Crippen MR) is 116 cm³/mol. The van der Waals surface area contributed by atoms with Gasteiger partial charge in [0.25, 0.3) is 11.8 Å². The smallest absolute Gasteiger partial charge is 0.258 e. The van der Waals surface area contributed by atoms with E-state index in [1.807, 2.05) is 0 Å². The largest absolute Gasteiger partial charge is 0.484 e. The predicted octanol–water partition coefficient (Wildman–Crippen LogP) is 3.23. The average molecular weight is 494 g/mol. The van der Waals surface area contributed by atoms with Crippen molar-refractivity contribution in [3.8, 4) is 11.5 Å². The van der Waals surface area contributed by atoms with E-state index in [1.165, 1.54) is 18.2 Å². The molecule has 0 spiro atoms. The van der Waals surface area contributed by atoms with Crippen LogP contribution in [-0.2, 0) is 9.59 Å². The molecule has 0 saturated carbocycles. The highest BCUT2D eigenvalue weighted by atomic mass is 35.5. The topological polar surface area (TPSA) is 96.9 Å². The first-order valence-corrected chi connectivity index (χ1v) is 10.2. The van der Waals surface area contributed by atoms with Gasteiger partial charge in [0, 0.05) is 25.2 Å². The van der Waals surface area contributed by atoms with E-state index < -0.39 is 23.7 Å². The van der Waals surface area contributed by atoms with Crippen LogP contribution in [0.15, 0.2) is 36.4 Å². The third-order valence-electron chi connectivity index (χ3n) is 3.86. The van der Waals surface area contributed by atoms with Crippen molar-refractivity contribution in [2.45, 2.75) is 12.5 Å². The van der Waals surface area contributed by atoms with E-state index in [-0.39, 0.29) is 43.5 Å². The summed E-state index contributed by atoms with van der Waals surface area (Å²) in [5.41, 5.74) is 0. The third kappa shape index (κ3) is 9.18. The molecule has 0 radical (unpaired) electrons. The Kier molecular flexibility index (Phi) is 10.1. The van der Waals surface area contributed by atoms with Crippen LogP contribution in [0.25, 0.3) is 0 Å². The number of rotatable bonds is 11. The van der Waals surface area contributed by atoms with Crippen LogP contribution >= 0.6 is 34.8 Å². The van der Waals surface area contributed by atoms with E-state index in [0.717, 1.165) is 6.07 Å². The van der Waals surface area contributed by atoms with Crippen molar-refractivity contribution in [2.24, 2.45) is 0 Å². The number of aliphatic hydroxyl groups is 1. The monoisotopic (exact) mass is 492 g/mol. The Morgan fingerprint density at radius 3 is 2.10 bits per heavy atom. The fourth-order valence-corrected chi connectivity index (χ4v) is 2.65. The number of ether oxygens (including phenoxy) is 2. The van der Waals surface area contributed by atoms with Gasteiger partial charge >= 0.3 is 0 Å². The van der Waals surface area contributed by atoms with Gasteiger partial charge in [0.2, 0.25) is 0 Å². The Morgan fingerprint density at radius 1 is 0.903 bits per heavy atom. The lowest BCUT2D eigenvalue weighted by Gasteiger charge is -2.13. The summed E-state index contributed by atoms with van der Waals surface area (Å²) in [6, 6.07) is 8.45. The summed E-state index contributed by atoms with van der Waals surface area (Å²) < 4.78 is 23.7. The van der Waals surface area contributed by atoms with Gasteiger partial charge in [0.1, 0.15) is 17.3 Å². The van der Waals surface area contributed by atoms with E-state index in [4.69, 9.17) is 44.3 Å². The number of benzene rings is 2. The summed E-state index contributed by atoms with van der Waals surface area (Å²) in [5, 5.41) is 15.6. The van der Waals surface area contributed by atoms with Crippen LogP contribution in [0.5, 0.6) is 11.5 Å². The minimum absolute atomic E-state index is 0.0139. The molecule has 0 aromatic heterocycles. The first kappa shape index (κ1) is 25.0. The summed E-state index contributed by atoms with van der Waals surface area (Å²) in [6.07, 6.45) is -0.671. The van der Waals surface area contributed by atoms with Crippen molar-refractivity contribution < 1.29 is 28.6 Å². The van der Waals surface area contributed by atoms with Gasteiger partial charge in [-0.2, -0.15) is 0 Å². The molecule has 0 aliphatic rings. The Bertz CT molecular complexity index is 916. The molecule has 2 amide bonds. The van der Waals surface area contributed by atoms with Gasteiger partial charge in [-0.1, -0.05) is 34.8 Å². The molecule has 7 nitrogen and oxygen atoms in total. The normalized spacial score (nSPS) is 11.5. The lowest BCUT2D eigenvalue weighted by Crippen LogP contribution is -2.37. The second kappa shape index (κ2) is 12.6. The second-order valence-electron chi connectivity index (χ2n) is 6.33. The molecule has 0 heterocycles. The molecule has 2 rings (SSSR count). The molecule has 2 aromatic carbocycles. The zero-order valence-corrected chi connectivity index (χ0v) is 18.4. The maximum absolute atomic E-state index is 13.3. The zero-order valence-electron chi connectivity index (χ0n) is 16.2. The van der Waals surface area contributed by atoms with E-state index in [2.05, 4.69) is 10.6 Å². The van der Waals surface area contributed by atoms with Gasteiger partial charge in [-0.3, -0.25) is 9.59 Å². The third-order valence-corrected chi connectivity index (χ3v) is 4.90. The van der Waals surface area contributed by atoms with Crippen molar-refractivity contribution in [2.75, 3.05) is 26.3 Å². The molecular weight excluding hydrogens is 474 g/mol. The lowest BCUT2D eigenvalue weighted by atomic mass is 10.2. The SMILES string of the molecule is O=C(COc1ccc(Cl)c(F)c1)NCC[C@H](O)CNC(=O)COc1ccc(Cl)c(Cl)c1. The Balaban J connectivity index is 1.57. The zero-order chi connectivity index (χ0) is 22.8. The highest BCUT2D eigenvalue weighted by Gasteiger charge is 2.10. The van der Waals surface area contributed by atoms with Crippen LogP contribution < -0.4 is 20.1 Å². The van der Waals surface area contributed by atoms with E-state index >= 15 is 0 Å². The highest BCUT2D eigenvalue weighted by molar-refractivity contribution is 6.42. The first-order valence-electron chi connectivity index (χ1n) is 9.11. The number of carbonyl (C=O) groups excluding carboxylic acids is 2. The number of hydrogen-bond donors (Lipinski definition) is 3. The van der Waals surface area contributed by atoms with Crippen LogP contribution in [0.3, 0.4) is 0 Å². The number of hydrogen-bond acceptors (Lipinski definition) is 5. The minimum atomic E-state index is -0.875. The van der Waals surface area contributed by atoms with Gasteiger partial charge in [0.05, 0.1) is 21.2 Å². The molecule has 168 valence electrons. The summed E-state index contributed by atoms with van der Waals surface area (Å²) in [4.78, 5) is 23.5. The fourth-order valence-electron chi connectivity index (χ4n) is 2.25. The van der Waals surface area contributed by atoms with Crippen molar-refractivity contribution in [1.29, 1.82) is 0 Å². The summed E-state index contributed by atoms with van der Waals surface area (Å²) in [6.45, 7) is -0.433. The molecule has 0 fully saturated rings. The number of nitrogens with one attached hydrogen (secondary N) is 2. The van der Waals surface area contributed by atoms with Gasteiger partial charge in [-0.25, -0.2) is 4.39 Å². The maximum Gasteiger partial charge on any atom is 0.258 e. The van der Waals surface area contributed by atoms with E-state index in [0.29, 0.717) is 15.8 Å². The first-order chi connectivity index (χ1) is 14.7. The number of halogens is 4. The van der Waals surface area contributed by atoms with Crippen molar-refractivity contribution >= 4 is 46.6 Å². The molecule has 3 N–H and O–H groups in total. The van der Waals surface area contributed by atoms with Crippen LogP contribution in [0.4, 0.5) is 4.39 Å². The Hall–Kier alpha value is -2.26. The molecule has 0 aliphatic carbocycles. The van der Waals surface area contributed by atoms with Crippen molar-refractivity contribution in [3.05, 3.63) is 57.3 Å². The van der Waals surface area contributed by atoms with Crippen molar-refractivity contribution in [1.82, 2.24) is 10.6 Å². The summed E-state index contributed by atoms with van der Waals surface area (Å²) in [7, 11) is 0. The molecule has 31 heavy (non-hydrogen) atoms. The number of amides is 2. The fraction of sp³-hybridized carbons (Fsp3) is 0.300. The minimum Gasteiger partial charge on any atom is -0.484 e. The van der Waals surface area contributed by atoms with Crippen LogP contribution in [0.2, 0.25) is 15.1 Å². The summed E-state index contributed by atoms with van der Waals surface area (Å²) >= 11 is 17.2. The van der Waals surface area contributed by atoms with Crippen LogP contribution in [0, 0.1) is 5.82 Å². The number of carbonyl (C=O) groups is 2. The molecule has 0 saturated heterocycles. The van der Waals surface area contributed by atoms with Crippen molar-refractivity contribution in [3.63, 3.8) is 0 Å². The Labute approximate surface area is 193 Å². The molecule has 1 atom stereocenters. The van der Waals surface area contributed by atoms with E-state index in [9.17, 15) is 19.1 Å². The van der Waals surface area contributed by atoms with Crippen LogP contribution in [0.1, 0.15) is 6.42 Å². The maximum atomic E-state index is 13.3. The molecule has 11 heteroatoms. The van der Waals surface area contributed by atoms with E-state index in [1.54, 1.807) is 12.1 Å². The van der Waals surface area contributed by atoms with Crippen LogP contribution in [-0.4, -0.2) is 49.3 Å². The molecule has 0 bridgehead atoms. The molecular formula is C20H20Cl3FN2O5. The number of aliphatic hydroxyl groups excluding tert-OH is 1. The van der Waals surface area contributed by atoms with Gasteiger partial charge < -0.3 is 25.2 Å². The molecule has 0 aliphatic heterocycles. The average Bonchev–Trinajstić information content (AvgIpc) is 2.74. The van der Waals surface area contributed by atoms with Gasteiger partial charge in [-0.05, 0) is 30.7 Å². The standard InChI is InChI=1S/C20H20Cl3FN2O5/c21-15-3-1-13(7-17(15)23)30-11-20(29)26-9-12(27)5-6-25-19(28)10-31-14-2-4-16(22)18(24)8-14/h1-4,7-8,12,27H,5-6,9-11H2,(H,25,28)(H,26,29)/t12-/m0/s1. The second-order valence-corrected chi connectivity index (χ2v) is 7.55. The highest BCUT2D eigenvalue weighted by Crippen LogP contribution is 2.26. The Morgan fingerprint density at radius 2 is 1.48 bits per heavy atom. The molecule has 2 aromatic rings. The lowest BCUT2D eigenvalue weighted by molar-refractivity contribution is -0.124.